The average Bonchev–Trinajstić information content (AvgIpc) is 3.09. The monoisotopic (exact) mass is 480 g/mol. The third-order valence-corrected chi connectivity index (χ3v) is 5.23. The minimum Gasteiger partial charge on any atom is -0.400 e. The van der Waals surface area contributed by atoms with Gasteiger partial charge in [0.25, 0.3) is 0 Å². The number of aliphatic imine (C=N–C) groups is 2. The van der Waals surface area contributed by atoms with E-state index >= 15 is 0 Å². The van der Waals surface area contributed by atoms with E-state index in [1.807, 2.05) is 20.8 Å². The van der Waals surface area contributed by atoms with Gasteiger partial charge in [0.05, 0.1) is 16.3 Å². The number of hydrogen-bond acceptors (Lipinski definition) is 5. The molecule has 178 valence electrons. The number of hydrogen-bond donors (Lipinski definition) is 3. The summed E-state index contributed by atoms with van der Waals surface area (Å²) in [5, 5.41) is 4.56. The molecule has 0 aliphatic carbocycles. The van der Waals surface area contributed by atoms with E-state index in [1.165, 1.54) is 23.2 Å². The first-order valence-corrected chi connectivity index (χ1v) is 10.3. The highest BCUT2D eigenvalue weighted by atomic mass is 35.5. The van der Waals surface area contributed by atoms with Crippen LogP contribution in [-0.2, 0) is 6.18 Å². The Labute approximate surface area is 196 Å². The Morgan fingerprint density at radius 2 is 1.76 bits per heavy atom. The highest BCUT2D eigenvalue weighted by molar-refractivity contribution is 6.35. The minimum atomic E-state index is -4.57. The number of nitrogens with zero attached hydrogens (tertiary/aromatic N) is 3. The van der Waals surface area contributed by atoms with Crippen LogP contribution in [0.5, 0.6) is 0 Å². The molecule has 1 aromatic carbocycles. The van der Waals surface area contributed by atoms with Crippen LogP contribution in [0.15, 0.2) is 75.1 Å². The van der Waals surface area contributed by atoms with Gasteiger partial charge in [-0.15, -0.1) is 0 Å². The lowest BCUT2D eigenvalue weighted by Gasteiger charge is -2.26. The molecule has 0 aromatic heterocycles. The van der Waals surface area contributed by atoms with Gasteiger partial charge in [0, 0.05) is 18.3 Å². The molecule has 1 aliphatic heterocycles. The molecule has 2 rings (SSSR count). The predicted molar refractivity (Wildman–Crippen MR) is 129 cm³/mol. The summed E-state index contributed by atoms with van der Waals surface area (Å²) < 4.78 is 40.3. The van der Waals surface area contributed by atoms with Gasteiger partial charge in [0.2, 0.25) is 0 Å². The van der Waals surface area contributed by atoms with Crippen molar-refractivity contribution in [1.29, 1.82) is 0 Å². The van der Waals surface area contributed by atoms with E-state index in [0.29, 0.717) is 22.7 Å². The van der Waals surface area contributed by atoms with Gasteiger partial charge >= 0.3 is 6.18 Å². The SMILES string of the molecule is C=C(/N=C1N=C(/C(=C(\Cl)C(=C)C(C)(C)C)N(C)N)NC/1=C(\C)N)c1ccccc1C(F)(F)F. The van der Waals surface area contributed by atoms with Crippen LogP contribution in [0.1, 0.15) is 38.8 Å². The molecule has 6 nitrogen and oxygen atoms in total. The lowest BCUT2D eigenvalue weighted by molar-refractivity contribution is -0.137. The second-order valence-electron chi connectivity index (χ2n) is 8.57. The van der Waals surface area contributed by atoms with Crippen LogP contribution in [0.2, 0.25) is 0 Å². The molecule has 1 heterocycles. The summed E-state index contributed by atoms with van der Waals surface area (Å²) >= 11 is 6.61. The number of nitrogens with one attached hydrogen (secondary N) is 1. The molecular formula is C23H28ClF3N6. The maximum absolute atomic E-state index is 13.4. The largest absolute Gasteiger partial charge is 0.417 e. The quantitative estimate of drug-likeness (QED) is 0.309. The van der Waals surface area contributed by atoms with Crippen LogP contribution >= 0.6 is 11.6 Å². The Balaban J connectivity index is 2.64. The highest BCUT2D eigenvalue weighted by Gasteiger charge is 2.34. The summed E-state index contributed by atoms with van der Waals surface area (Å²) in [7, 11) is 1.57. The number of rotatable bonds is 5. The summed E-state index contributed by atoms with van der Waals surface area (Å²) in [5.41, 5.74) is 6.05. The maximum Gasteiger partial charge on any atom is 0.417 e. The molecule has 1 aliphatic rings. The molecule has 0 atom stereocenters. The number of amidine groups is 2. The Kier molecular flexibility index (Phi) is 7.50. The van der Waals surface area contributed by atoms with Crippen LogP contribution < -0.4 is 16.9 Å². The van der Waals surface area contributed by atoms with Gasteiger partial charge in [-0.3, -0.25) is 0 Å². The normalized spacial score (nSPS) is 17.9. The molecule has 5 N–H and O–H groups in total. The van der Waals surface area contributed by atoms with Crippen molar-refractivity contribution in [3.05, 3.63) is 76.2 Å². The number of benzene rings is 1. The van der Waals surface area contributed by atoms with E-state index in [0.717, 1.165) is 6.07 Å². The first-order chi connectivity index (χ1) is 15.1. The molecule has 0 unspecified atom stereocenters. The number of allylic oxidation sites excluding steroid dienone is 3. The minimum absolute atomic E-state index is 0.0529. The zero-order valence-corrected chi connectivity index (χ0v) is 20.0. The van der Waals surface area contributed by atoms with Gasteiger partial charge in [-0.25, -0.2) is 15.8 Å². The number of nitrogens with two attached hydrogens (primary N) is 2. The second kappa shape index (κ2) is 9.44. The lowest BCUT2D eigenvalue weighted by Crippen LogP contribution is -2.36. The molecule has 0 saturated heterocycles. The maximum atomic E-state index is 13.4. The van der Waals surface area contributed by atoms with Gasteiger partial charge in [-0.1, -0.05) is 63.7 Å². The van der Waals surface area contributed by atoms with Crippen LogP contribution in [0, 0.1) is 5.41 Å². The van der Waals surface area contributed by atoms with Crippen molar-refractivity contribution in [2.45, 2.75) is 33.9 Å². The summed E-state index contributed by atoms with van der Waals surface area (Å²) in [6.45, 7) is 15.2. The van der Waals surface area contributed by atoms with Gasteiger partial charge in [0.15, 0.2) is 11.7 Å². The smallest absolute Gasteiger partial charge is 0.400 e. The fourth-order valence-corrected chi connectivity index (χ4v) is 3.41. The predicted octanol–water partition coefficient (Wildman–Crippen LogP) is 5.12. The lowest BCUT2D eigenvalue weighted by atomic mass is 9.86. The van der Waals surface area contributed by atoms with E-state index < -0.39 is 11.7 Å². The third kappa shape index (κ3) is 5.85. The van der Waals surface area contributed by atoms with Crippen LogP contribution in [0.4, 0.5) is 13.2 Å². The summed E-state index contributed by atoms with van der Waals surface area (Å²) in [6.07, 6.45) is -4.57. The van der Waals surface area contributed by atoms with Crippen molar-refractivity contribution in [2.24, 2.45) is 27.0 Å². The fourth-order valence-electron chi connectivity index (χ4n) is 2.90. The molecule has 10 heteroatoms. The van der Waals surface area contributed by atoms with E-state index in [2.05, 4.69) is 28.5 Å². The van der Waals surface area contributed by atoms with E-state index in [1.54, 1.807) is 14.0 Å². The Morgan fingerprint density at radius 1 is 1.18 bits per heavy atom. The molecule has 0 bridgehead atoms. The van der Waals surface area contributed by atoms with Crippen molar-refractivity contribution < 1.29 is 13.2 Å². The Hall–Kier alpha value is -3.04. The zero-order chi connectivity index (χ0) is 25.3. The summed E-state index contributed by atoms with van der Waals surface area (Å²) in [4.78, 5) is 8.68. The van der Waals surface area contributed by atoms with Gasteiger partial charge in [0.1, 0.15) is 11.4 Å². The molecule has 0 fully saturated rings. The van der Waals surface area contributed by atoms with Gasteiger partial charge in [-0.2, -0.15) is 13.2 Å². The highest BCUT2D eigenvalue weighted by Crippen LogP contribution is 2.36. The number of halogens is 4. The molecule has 0 amide bonds. The van der Waals surface area contributed by atoms with E-state index in [-0.39, 0.29) is 33.4 Å². The molecule has 0 radical (unpaired) electrons. The van der Waals surface area contributed by atoms with E-state index in [9.17, 15) is 13.2 Å². The number of likely N-dealkylation sites (N-methyl/N-ethyl adjacent to an activating group) is 1. The molecule has 33 heavy (non-hydrogen) atoms. The topological polar surface area (TPSA) is 92.0 Å². The van der Waals surface area contributed by atoms with Gasteiger partial charge < -0.3 is 16.1 Å². The van der Waals surface area contributed by atoms with Crippen molar-refractivity contribution in [1.82, 2.24) is 10.3 Å². The summed E-state index contributed by atoms with van der Waals surface area (Å²) in [5.74, 6) is 6.31. The number of alkyl halides is 3. The van der Waals surface area contributed by atoms with Crippen LogP contribution in [-0.4, -0.2) is 23.7 Å². The van der Waals surface area contributed by atoms with Crippen molar-refractivity contribution >= 4 is 29.0 Å². The number of hydrazine groups is 1. The van der Waals surface area contributed by atoms with Crippen LogP contribution in [0.3, 0.4) is 0 Å². The first-order valence-electron chi connectivity index (χ1n) is 9.90. The van der Waals surface area contributed by atoms with Gasteiger partial charge in [-0.05, 0) is 24.0 Å². The Bertz CT molecular complexity index is 1100. The van der Waals surface area contributed by atoms with Crippen molar-refractivity contribution in [3.63, 3.8) is 0 Å². The molecular weight excluding hydrogens is 453 g/mol. The fraction of sp³-hybridized carbons (Fsp3) is 0.304. The zero-order valence-electron chi connectivity index (χ0n) is 19.2. The molecule has 1 aromatic rings. The standard InChI is InChI=1S/C23H28ClF3N6/c1-12(22(4,5)6)17(24)19(33(7)29)21-31-18(13(2)28)20(32-21)30-14(3)15-10-8-9-11-16(15)23(25,26)27/h8-11H,1,3,28-29H2,2,4-7H3,(H,30,31,32)/b18-13+,19-17+. The first kappa shape index (κ1) is 26.2. The van der Waals surface area contributed by atoms with Crippen LogP contribution in [0.25, 0.3) is 5.70 Å². The van der Waals surface area contributed by atoms with E-state index in [4.69, 9.17) is 23.2 Å². The average molecular weight is 481 g/mol. The molecule has 0 spiro atoms. The molecule has 0 saturated carbocycles. The second-order valence-corrected chi connectivity index (χ2v) is 8.95. The third-order valence-electron chi connectivity index (χ3n) is 4.82. The Morgan fingerprint density at radius 3 is 2.24 bits per heavy atom. The van der Waals surface area contributed by atoms with Crippen molar-refractivity contribution in [2.75, 3.05) is 7.05 Å². The summed E-state index contributed by atoms with van der Waals surface area (Å²) in [6, 6.07) is 5.04. The van der Waals surface area contributed by atoms with Crippen molar-refractivity contribution in [3.8, 4) is 0 Å².